The fourth-order valence-electron chi connectivity index (χ4n) is 3.75. The molecule has 3 aromatic heterocycles. The second-order valence-corrected chi connectivity index (χ2v) is 11.1. The van der Waals surface area contributed by atoms with Crippen LogP contribution in [0.15, 0.2) is 23.4 Å². The number of halogens is 2. The minimum Gasteiger partial charge on any atom is -0.366 e. The minimum atomic E-state index is -3.87. The molecule has 1 aliphatic heterocycles. The standard InChI is InChI=1S/C19H20F2N8O2S2/c1-19(2-3-19)27-33(30,31)12-6-13(28-5-4-23-11(7-22)9-28)14-8-24-16(29(14)10-12)18-26-25-17(32-18)15(20)21/h6,8,10-11,15,23,27H,2-5,9H2,1H3. The molecule has 0 spiro atoms. The first-order valence-corrected chi connectivity index (χ1v) is 12.5. The number of rotatable bonds is 6. The Morgan fingerprint density at radius 2 is 2.18 bits per heavy atom. The summed E-state index contributed by atoms with van der Waals surface area (Å²) in [6, 6.07) is 3.34. The lowest BCUT2D eigenvalue weighted by Crippen LogP contribution is -2.50. The van der Waals surface area contributed by atoms with Crippen LogP contribution >= 0.6 is 11.3 Å². The Morgan fingerprint density at radius 3 is 2.85 bits per heavy atom. The van der Waals surface area contributed by atoms with Gasteiger partial charge >= 0.3 is 0 Å². The number of nitrogens with zero attached hydrogens (tertiary/aromatic N) is 6. The second kappa shape index (κ2) is 7.94. The SMILES string of the molecule is CC1(NS(=O)(=O)c2cc(N3CCNC(C#N)C3)c3cnc(-c4nnc(C(F)F)s4)n3c2)CC1. The molecule has 10 nitrogen and oxygen atoms in total. The van der Waals surface area contributed by atoms with E-state index in [0.29, 0.717) is 42.2 Å². The van der Waals surface area contributed by atoms with Crippen LogP contribution in [0, 0.1) is 11.3 Å². The minimum absolute atomic E-state index is 0.0167. The number of alkyl halides is 2. The number of aromatic nitrogens is 4. The van der Waals surface area contributed by atoms with E-state index in [4.69, 9.17) is 0 Å². The molecule has 14 heteroatoms. The van der Waals surface area contributed by atoms with Gasteiger partial charge in [0.2, 0.25) is 10.0 Å². The molecule has 0 radical (unpaired) electrons. The molecule has 1 saturated heterocycles. The zero-order valence-corrected chi connectivity index (χ0v) is 19.1. The molecule has 1 saturated carbocycles. The highest BCUT2D eigenvalue weighted by Crippen LogP contribution is 2.37. The fraction of sp³-hybridized carbons (Fsp3) is 0.474. The van der Waals surface area contributed by atoms with Crippen LogP contribution in [0.1, 0.15) is 31.2 Å². The number of hydrogen-bond acceptors (Lipinski definition) is 9. The topological polar surface area (TPSA) is 128 Å². The van der Waals surface area contributed by atoms with Crippen LogP contribution in [-0.4, -0.2) is 59.2 Å². The first-order chi connectivity index (χ1) is 15.7. The molecule has 5 rings (SSSR count). The van der Waals surface area contributed by atoms with Gasteiger partial charge in [-0.25, -0.2) is 26.9 Å². The molecule has 4 heterocycles. The van der Waals surface area contributed by atoms with Crippen LogP contribution in [0.5, 0.6) is 0 Å². The van der Waals surface area contributed by atoms with Crippen molar-refractivity contribution in [3.63, 3.8) is 0 Å². The van der Waals surface area contributed by atoms with Crippen molar-refractivity contribution in [2.75, 3.05) is 24.5 Å². The predicted molar refractivity (Wildman–Crippen MR) is 117 cm³/mol. The summed E-state index contributed by atoms with van der Waals surface area (Å²) in [4.78, 5) is 6.29. The third-order valence-corrected chi connectivity index (χ3v) is 8.31. The molecule has 174 valence electrons. The number of sulfonamides is 1. The maximum absolute atomic E-state index is 13.2. The Kier molecular flexibility index (Phi) is 5.31. The summed E-state index contributed by atoms with van der Waals surface area (Å²) in [5.74, 6) is 0.220. The number of nitrogens with one attached hydrogen (secondary N) is 2. The van der Waals surface area contributed by atoms with Gasteiger partial charge in [-0.05, 0) is 25.8 Å². The van der Waals surface area contributed by atoms with Gasteiger partial charge in [0.15, 0.2) is 15.8 Å². The summed E-state index contributed by atoms with van der Waals surface area (Å²) in [5, 5.41) is 19.5. The van der Waals surface area contributed by atoms with Gasteiger partial charge < -0.3 is 4.90 Å². The number of pyridine rings is 1. The van der Waals surface area contributed by atoms with Gasteiger partial charge in [-0.15, -0.1) is 10.2 Å². The molecule has 2 N–H and O–H groups in total. The van der Waals surface area contributed by atoms with Crippen molar-refractivity contribution in [3.8, 4) is 16.9 Å². The van der Waals surface area contributed by atoms with Gasteiger partial charge in [0.1, 0.15) is 10.9 Å². The number of anilines is 1. The Bertz CT molecular complexity index is 1360. The Hall–Kier alpha value is -2.73. The van der Waals surface area contributed by atoms with Gasteiger partial charge in [-0.2, -0.15) is 5.26 Å². The van der Waals surface area contributed by atoms with E-state index < -0.39 is 33.0 Å². The van der Waals surface area contributed by atoms with E-state index >= 15 is 0 Å². The van der Waals surface area contributed by atoms with E-state index in [0.717, 1.165) is 12.8 Å². The van der Waals surface area contributed by atoms with Crippen LogP contribution in [0.4, 0.5) is 14.5 Å². The fourth-order valence-corrected chi connectivity index (χ4v) is 5.93. The third-order valence-electron chi connectivity index (χ3n) is 5.78. The summed E-state index contributed by atoms with van der Waals surface area (Å²) in [7, 11) is -3.87. The van der Waals surface area contributed by atoms with Crippen molar-refractivity contribution < 1.29 is 17.2 Å². The molecule has 2 fully saturated rings. The Labute approximate surface area is 192 Å². The van der Waals surface area contributed by atoms with Crippen LogP contribution in [-0.2, 0) is 10.0 Å². The third kappa shape index (κ3) is 4.17. The molecule has 0 amide bonds. The average Bonchev–Trinajstić information content (AvgIpc) is 3.19. The maximum Gasteiger partial charge on any atom is 0.291 e. The molecular formula is C19H20F2N8O2S2. The van der Waals surface area contributed by atoms with Crippen molar-refractivity contribution in [1.29, 1.82) is 5.26 Å². The lowest BCUT2D eigenvalue weighted by atomic mass is 10.2. The molecule has 2 aliphatic rings. The van der Waals surface area contributed by atoms with Crippen molar-refractivity contribution in [3.05, 3.63) is 23.5 Å². The Morgan fingerprint density at radius 1 is 1.39 bits per heavy atom. The molecule has 33 heavy (non-hydrogen) atoms. The number of fused-ring (bicyclic) bond motifs is 1. The van der Waals surface area contributed by atoms with Crippen molar-refractivity contribution >= 4 is 32.6 Å². The monoisotopic (exact) mass is 494 g/mol. The zero-order valence-electron chi connectivity index (χ0n) is 17.5. The predicted octanol–water partition coefficient (Wildman–Crippen LogP) is 1.92. The largest absolute Gasteiger partial charge is 0.366 e. The molecule has 3 aromatic rings. The number of hydrogen-bond donors (Lipinski definition) is 2. The van der Waals surface area contributed by atoms with Crippen LogP contribution in [0.2, 0.25) is 0 Å². The van der Waals surface area contributed by atoms with E-state index in [1.54, 1.807) is 12.3 Å². The summed E-state index contributed by atoms with van der Waals surface area (Å²) in [6.07, 6.45) is 1.70. The van der Waals surface area contributed by atoms with E-state index in [9.17, 15) is 22.5 Å². The first kappa shape index (κ1) is 22.1. The lowest BCUT2D eigenvalue weighted by molar-refractivity contribution is 0.150. The molecule has 0 bridgehead atoms. The Balaban J connectivity index is 1.66. The summed E-state index contributed by atoms with van der Waals surface area (Å²) in [6.45, 7) is 3.30. The van der Waals surface area contributed by atoms with Crippen molar-refractivity contribution in [1.82, 2.24) is 29.6 Å². The van der Waals surface area contributed by atoms with Gasteiger partial charge in [0, 0.05) is 31.4 Å². The van der Waals surface area contributed by atoms with Crippen molar-refractivity contribution in [2.45, 2.75) is 42.7 Å². The van der Waals surface area contributed by atoms with Crippen LogP contribution < -0.4 is 14.9 Å². The number of nitriles is 1. The molecule has 1 atom stereocenters. The van der Waals surface area contributed by atoms with E-state index in [1.165, 1.54) is 10.6 Å². The second-order valence-electron chi connectivity index (χ2n) is 8.39. The number of imidazole rings is 1. The van der Waals surface area contributed by atoms with Gasteiger partial charge in [-0.3, -0.25) is 9.72 Å². The molecule has 1 unspecified atom stereocenters. The van der Waals surface area contributed by atoms with E-state index in [2.05, 4.69) is 31.3 Å². The smallest absolute Gasteiger partial charge is 0.291 e. The van der Waals surface area contributed by atoms with Gasteiger partial charge in [-0.1, -0.05) is 11.3 Å². The van der Waals surface area contributed by atoms with Crippen LogP contribution in [0.3, 0.4) is 0 Å². The highest BCUT2D eigenvalue weighted by molar-refractivity contribution is 7.89. The van der Waals surface area contributed by atoms with Crippen molar-refractivity contribution in [2.24, 2.45) is 0 Å². The van der Waals surface area contributed by atoms with Gasteiger partial charge in [0.25, 0.3) is 6.43 Å². The molecule has 0 aromatic carbocycles. The van der Waals surface area contributed by atoms with E-state index in [1.807, 2.05) is 11.8 Å². The molecule has 1 aliphatic carbocycles. The average molecular weight is 495 g/mol. The maximum atomic E-state index is 13.2. The number of piperazine rings is 1. The lowest BCUT2D eigenvalue weighted by Gasteiger charge is -2.33. The highest BCUT2D eigenvalue weighted by Gasteiger charge is 2.41. The summed E-state index contributed by atoms with van der Waals surface area (Å²) >= 11 is 0.705. The van der Waals surface area contributed by atoms with Gasteiger partial charge in [0.05, 0.1) is 23.5 Å². The summed E-state index contributed by atoms with van der Waals surface area (Å²) in [5.41, 5.74) is 0.685. The highest BCUT2D eigenvalue weighted by atomic mass is 32.2. The zero-order chi connectivity index (χ0) is 23.4. The first-order valence-electron chi connectivity index (χ1n) is 10.2. The van der Waals surface area contributed by atoms with Crippen LogP contribution in [0.25, 0.3) is 16.3 Å². The normalized spacial score (nSPS) is 20.3. The van der Waals surface area contributed by atoms with E-state index in [-0.39, 0.29) is 15.7 Å². The summed E-state index contributed by atoms with van der Waals surface area (Å²) < 4.78 is 56.8. The molecular weight excluding hydrogens is 474 g/mol. The quantitative estimate of drug-likeness (QED) is 0.532.